The smallest absolute Gasteiger partial charge is 0.273 e. The van der Waals surface area contributed by atoms with Crippen LogP contribution >= 0.6 is 12.4 Å². The number of likely N-dealkylation sites (N-methyl/N-ethyl adjacent to an activating group) is 1. The second-order valence-electron chi connectivity index (χ2n) is 6.70. The molecule has 7 heteroatoms. The molecule has 1 aromatic carbocycles. The summed E-state index contributed by atoms with van der Waals surface area (Å²) in [6, 6.07) is 8.46. The summed E-state index contributed by atoms with van der Waals surface area (Å²) in [4.78, 5) is 12.5. The van der Waals surface area contributed by atoms with Gasteiger partial charge in [-0.2, -0.15) is 0 Å². The third kappa shape index (κ3) is 5.29. The number of nitrogens with one attached hydrogen (secondary N) is 2. The summed E-state index contributed by atoms with van der Waals surface area (Å²) in [6.07, 6.45) is 1.67. The van der Waals surface area contributed by atoms with Crippen LogP contribution in [0, 0.1) is 0 Å². The van der Waals surface area contributed by atoms with E-state index in [4.69, 9.17) is 0 Å². The van der Waals surface area contributed by atoms with Gasteiger partial charge in [0.15, 0.2) is 5.69 Å². The zero-order chi connectivity index (χ0) is 18.4. The number of carbonyl (C=O) groups is 1. The minimum absolute atomic E-state index is 0. The summed E-state index contributed by atoms with van der Waals surface area (Å²) in [5.74, 6) is 0.265. The molecule has 6 nitrogen and oxygen atoms in total. The average molecular weight is 380 g/mol. The van der Waals surface area contributed by atoms with Gasteiger partial charge in [0.25, 0.3) is 5.91 Å². The molecule has 0 radical (unpaired) electrons. The van der Waals surface area contributed by atoms with Gasteiger partial charge in [-0.1, -0.05) is 44.5 Å². The number of hydrogen-bond acceptors (Lipinski definition) is 4. The van der Waals surface area contributed by atoms with Gasteiger partial charge in [0, 0.05) is 12.6 Å². The van der Waals surface area contributed by atoms with Gasteiger partial charge in [0.1, 0.15) is 0 Å². The fourth-order valence-electron chi connectivity index (χ4n) is 2.59. The van der Waals surface area contributed by atoms with Crippen molar-refractivity contribution in [1.29, 1.82) is 0 Å². The topological polar surface area (TPSA) is 71.8 Å². The van der Waals surface area contributed by atoms with Crippen molar-refractivity contribution in [2.24, 2.45) is 0 Å². The standard InChI is InChI=1S/C19H29N5O.ClH/c1-6-8-17-18(19(25)21-12-14(4)20-5)22-23-24(17)16-10-7-9-15(11-16)13(2)3;/h7,9-11,13-14,20H,6,8,12H2,1-5H3,(H,21,25);1H. The molecular weight excluding hydrogens is 350 g/mol. The van der Waals surface area contributed by atoms with E-state index in [0.29, 0.717) is 18.2 Å². The Morgan fingerprint density at radius 1 is 1.27 bits per heavy atom. The maximum absolute atomic E-state index is 12.5. The van der Waals surface area contributed by atoms with E-state index in [9.17, 15) is 4.79 Å². The number of nitrogens with zero attached hydrogens (tertiary/aromatic N) is 3. The SMILES string of the molecule is CCCc1c(C(=O)NCC(C)NC)nnn1-c1cccc(C(C)C)c1.Cl. The van der Waals surface area contributed by atoms with Crippen molar-refractivity contribution >= 4 is 18.3 Å². The molecule has 0 aliphatic rings. The first kappa shape index (κ1) is 22.1. The van der Waals surface area contributed by atoms with Gasteiger partial charge in [-0.25, -0.2) is 4.68 Å². The van der Waals surface area contributed by atoms with Gasteiger partial charge >= 0.3 is 0 Å². The molecule has 1 heterocycles. The van der Waals surface area contributed by atoms with E-state index in [0.717, 1.165) is 24.2 Å². The van der Waals surface area contributed by atoms with Crippen molar-refractivity contribution in [1.82, 2.24) is 25.6 Å². The zero-order valence-electron chi connectivity index (χ0n) is 16.2. The highest BCUT2D eigenvalue weighted by Crippen LogP contribution is 2.20. The summed E-state index contributed by atoms with van der Waals surface area (Å²) in [5.41, 5.74) is 3.47. The maximum atomic E-state index is 12.5. The van der Waals surface area contributed by atoms with Crippen LogP contribution in [0.5, 0.6) is 0 Å². The second kappa shape index (κ2) is 10.3. The fraction of sp³-hybridized carbons (Fsp3) is 0.526. The molecule has 0 saturated carbocycles. The molecule has 0 saturated heterocycles. The van der Waals surface area contributed by atoms with E-state index in [-0.39, 0.29) is 24.4 Å². The largest absolute Gasteiger partial charge is 0.349 e. The molecule has 2 N–H and O–H groups in total. The number of carbonyl (C=O) groups excluding carboxylic acids is 1. The van der Waals surface area contributed by atoms with Gasteiger partial charge in [0.2, 0.25) is 0 Å². The zero-order valence-corrected chi connectivity index (χ0v) is 17.1. The normalized spacial score (nSPS) is 11.9. The lowest BCUT2D eigenvalue weighted by Gasteiger charge is -2.12. The number of rotatable bonds is 8. The molecule has 2 rings (SSSR count). The van der Waals surface area contributed by atoms with E-state index in [1.807, 2.05) is 26.1 Å². The second-order valence-corrected chi connectivity index (χ2v) is 6.70. The van der Waals surface area contributed by atoms with Gasteiger partial charge in [-0.15, -0.1) is 17.5 Å². The maximum Gasteiger partial charge on any atom is 0.273 e. The Bertz CT molecular complexity index is 714. The van der Waals surface area contributed by atoms with Gasteiger partial charge in [-0.05, 0) is 44.0 Å². The van der Waals surface area contributed by atoms with E-state index in [2.05, 4.69) is 53.8 Å². The van der Waals surface area contributed by atoms with Gasteiger partial charge < -0.3 is 10.6 Å². The van der Waals surface area contributed by atoms with Crippen molar-refractivity contribution < 1.29 is 4.79 Å². The first-order valence-corrected chi connectivity index (χ1v) is 8.98. The van der Waals surface area contributed by atoms with Crippen LogP contribution in [-0.4, -0.2) is 40.5 Å². The van der Waals surface area contributed by atoms with E-state index >= 15 is 0 Å². The van der Waals surface area contributed by atoms with Crippen molar-refractivity contribution in [3.05, 3.63) is 41.2 Å². The highest BCUT2D eigenvalue weighted by molar-refractivity contribution is 5.93. The lowest BCUT2D eigenvalue weighted by atomic mass is 10.0. The number of halogens is 1. The number of aromatic nitrogens is 3. The summed E-state index contributed by atoms with van der Waals surface area (Å²) < 4.78 is 1.80. The highest BCUT2D eigenvalue weighted by Gasteiger charge is 2.20. The quantitative estimate of drug-likeness (QED) is 0.739. The summed E-state index contributed by atoms with van der Waals surface area (Å²) in [6.45, 7) is 8.98. The molecule has 1 amide bonds. The summed E-state index contributed by atoms with van der Waals surface area (Å²) in [7, 11) is 1.87. The Morgan fingerprint density at radius 3 is 2.62 bits per heavy atom. The molecule has 0 fully saturated rings. The summed E-state index contributed by atoms with van der Waals surface area (Å²) in [5, 5.41) is 14.5. The predicted octanol–water partition coefficient (Wildman–Crippen LogP) is 3.10. The van der Waals surface area contributed by atoms with Crippen LogP contribution in [0.15, 0.2) is 24.3 Å². The van der Waals surface area contributed by atoms with E-state index in [1.165, 1.54) is 5.56 Å². The van der Waals surface area contributed by atoms with Crippen LogP contribution in [0.25, 0.3) is 5.69 Å². The molecule has 0 aliphatic carbocycles. The Kier molecular flexibility index (Phi) is 8.75. The molecule has 2 aromatic rings. The van der Waals surface area contributed by atoms with Crippen LogP contribution in [-0.2, 0) is 6.42 Å². The minimum atomic E-state index is -0.170. The average Bonchev–Trinajstić information content (AvgIpc) is 3.03. The number of benzene rings is 1. The Morgan fingerprint density at radius 2 is 2.00 bits per heavy atom. The number of amides is 1. The van der Waals surface area contributed by atoms with Crippen LogP contribution < -0.4 is 10.6 Å². The van der Waals surface area contributed by atoms with Crippen molar-refractivity contribution in [2.75, 3.05) is 13.6 Å². The third-order valence-electron chi connectivity index (χ3n) is 4.31. The molecule has 0 aliphatic heterocycles. The molecule has 0 spiro atoms. The van der Waals surface area contributed by atoms with Crippen LogP contribution in [0.4, 0.5) is 0 Å². The fourth-order valence-corrected chi connectivity index (χ4v) is 2.59. The van der Waals surface area contributed by atoms with E-state index < -0.39 is 0 Å². The van der Waals surface area contributed by atoms with Crippen LogP contribution in [0.2, 0.25) is 0 Å². The third-order valence-corrected chi connectivity index (χ3v) is 4.31. The Labute approximate surface area is 162 Å². The van der Waals surface area contributed by atoms with Gasteiger partial charge in [0.05, 0.1) is 11.4 Å². The van der Waals surface area contributed by atoms with Crippen molar-refractivity contribution in [3.8, 4) is 5.69 Å². The highest BCUT2D eigenvalue weighted by atomic mass is 35.5. The monoisotopic (exact) mass is 379 g/mol. The van der Waals surface area contributed by atoms with Crippen LogP contribution in [0.3, 0.4) is 0 Å². The first-order chi connectivity index (χ1) is 12.0. The molecule has 0 bridgehead atoms. The van der Waals surface area contributed by atoms with Crippen molar-refractivity contribution in [3.63, 3.8) is 0 Å². The lowest BCUT2D eigenvalue weighted by molar-refractivity contribution is 0.0944. The summed E-state index contributed by atoms with van der Waals surface area (Å²) >= 11 is 0. The molecule has 1 unspecified atom stereocenters. The molecule has 1 aromatic heterocycles. The minimum Gasteiger partial charge on any atom is -0.349 e. The Hall–Kier alpha value is -1.92. The van der Waals surface area contributed by atoms with E-state index in [1.54, 1.807) is 4.68 Å². The Balaban J connectivity index is 0.00000338. The lowest BCUT2D eigenvalue weighted by Crippen LogP contribution is -2.37. The molecular formula is C19H30ClN5O. The predicted molar refractivity (Wildman–Crippen MR) is 108 cm³/mol. The van der Waals surface area contributed by atoms with Crippen LogP contribution in [0.1, 0.15) is 61.8 Å². The molecule has 144 valence electrons. The van der Waals surface area contributed by atoms with Crippen molar-refractivity contribution in [2.45, 2.75) is 52.5 Å². The number of hydrogen-bond donors (Lipinski definition) is 2. The first-order valence-electron chi connectivity index (χ1n) is 8.98. The van der Waals surface area contributed by atoms with Gasteiger partial charge in [-0.3, -0.25) is 4.79 Å². The molecule has 1 atom stereocenters. The molecule has 26 heavy (non-hydrogen) atoms.